The second-order valence-corrected chi connectivity index (χ2v) is 11.8. The van der Waals surface area contributed by atoms with Gasteiger partial charge in [-0.15, -0.1) is 0 Å². The van der Waals surface area contributed by atoms with E-state index in [1.807, 2.05) is 0 Å². The lowest BCUT2D eigenvalue weighted by atomic mass is 9.97. The van der Waals surface area contributed by atoms with Gasteiger partial charge in [0, 0.05) is 0 Å². The van der Waals surface area contributed by atoms with Gasteiger partial charge in [0.25, 0.3) is 0 Å². The molecule has 4 heteroatoms. The van der Waals surface area contributed by atoms with Crippen LogP contribution in [0.25, 0.3) is 0 Å². The summed E-state index contributed by atoms with van der Waals surface area (Å²) in [6.45, 7) is 5.92. The third-order valence-corrected chi connectivity index (χ3v) is 7.94. The van der Waals surface area contributed by atoms with Crippen LogP contribution < -0.4 is 0 Å². The molecule has 0 spiro atoms. The lowest BCUT2D eigenvalue weighted by Crippen LogP contribution is -2.19. The molecule has 0 aliphatic rings. The highest BCUT2D eigenvalue weighted by molar-refractivity contribution is 5.78. The molecule has 1 N–H and O–H groups in total. The van der Waals surface area contributed by atoms with Crippen LogP contribution in [0.5, 0.6) is 0 Å². The highest BCUT2D eigenvalue weighted by atomic mass is 16.5. The van der Waals surface area contributed by atoms with Crippen LogP contribution >= 0.6 is 0 Å². The number of esters is 1. The Morgan fingerprint density at radius 1 is 0.625 bits per heavy atom. The van der Waals surface area contributed by atoms with E-state index in [1.165, 1.54) is 147 Å². The topological polar surface area (TPSA) is 63.6 Å². The molecule has 0 amide bonds. The Morgan fingerprint density at radius 3 is 1.38 bits per heavy atom. The maximum absolute atomic E-state index is 11.6. The predicted molar refractivity (Wildman–Crippen MR) is 172 cm³/mol. The van der Waals surface area contributed by atoms with Crippen molar-refractivity contribution in [2.24, 2.45) is 5.92 Å². The Balaban J connectivity index is 3.30. The van der Waals surface area contributed by atoms with Crippen LogP contribution in [-0.4, -0.2) is 23.7 Å². The van der Waals surface area contributed by atoms with Crippen LogP contribution in [0, 0.1) is 5.92 Å². The van der Waals surface area contributed by atoms with E-state index in [2.05, 4.69) is 25.7 Å². The lowest BCUT2D eigenvalue weighted by molar-refractivity contribution is -0.151. The molecule has 0 saturated heterocycles. The van der Waals surface area contributed by atoms with Gasteiger partial charge in [0.2, 0.25) is 0 Å². The summed E-state index contributed by atoms with van der Waals surface area (Å²) in [6.07, 6.45) is 40.0. The summed E-state index contributed by atoms with van der Waals surface area (Å²) in [4.78, 5) is 23.0. The number of rotatable bonds is 32. The highest BCUT2D eigenvalue weighted by Gasteiger charge is 2.21. The highest BCUT2D eigenvalue weighted by Crippen LogP contribution is 2.18. The zero-order valence-corrected chi connectivity index (χ0v) is 26.5. The van der Waals surface area contributed by atoms with Crippen molar-refractivity contribution >= 4 is 11.9 Å². The minimum absolute atomic E-state index is 0.0410. The molecule has 0 aromatic heterocycles. The van der Waals surface area contributed by atoms with Crippen LogP contribution in [0.1, 0.15) is 180 Å². The standard InChI is InChI=1S/C36H66O4/c1-3-5-6-7-8-9-10-11-12-13-14-15-16-17-18-19-20-21-22-23-24-25-26-27-28-29-30-31-34(36(38)39)33-35(37)40-32-4-2/h4,11-12,34H,2-3,5-10,13-33H2,1H3,(H,38,39)/b12-11+. The molecule has 234 valence electrons. The summed E-state index contributed by atoms with van der Waals surface area (Å²) < 4.78 is 4.91. The summed E-state index contributed by atoms with van der Waals surface area (Å²) in [7, 11) is 0. The number of ether oxygens (including phenoxy) is 1. The van der Waals surface area contributed by atoms with Gasteiger partial charge >= 0.3 is 11.9 Å². The molecule has 0 aromatic rings. The zero-order chi connectivity index (χ0) is 29.4. The first kappa shape index (κ1) is 38.4. The van der Waals surface area contributed by atoms with E-state index in [1.54, 1.807) is 0 Å². The second-order valence-electron chi connectivity index (χ2n) is 11.8. The molecule has 0 heterocycles. The average molecular weight is 563 g/mol. The van der Waals surface area contributed by atoms with Crippen LogP contribution in [0.3, 0.4) is 0 Å². The molecule has 4 nitrogen and oxygen atoms in total. The summed E-state index contributed by atoms with van der Waals surface area (Å²) in [5, 5.41) is 9.31. The fourth-order valence-corrected chi connectivity index (χ4v) is 5.31. The molecule has 0 saturated carbocycles. The first-order valence-corrected chi connectivity index (χ1v) is 17.3. The van der Waals surface area contributed by atoms with Crippen molar-refractivity contribution in [1.29, 1.82) is 0 Å². The average Bonchev–Trinajstić information content (AvgIpc) is 2.94. The van der Waals surface area contributed by atoms with Gasteiger partial charge in [-0.1, -0.05) is 167 Å². The quantitative estimate of drug-likeness (QED) is 0.0503. The summed E-state index contributed by atoms with van der Waals surface area (Å²) >= 11 is 0. The van der Waals surface area contributed by atoms with E-state index in [0.29, 0.717) is 6.42 Å². The Bertz CT molecular complexity index is 598. The van der Waals surface area contributed by atoms with Gasteiger partial charge in [-0.05, 0) is 32.1 Å². The fraction of sp³-hybridized carbons (Fsp3) is 0.833. The third kappa shape index (κ3) is 29.4. The first-order valence-electron chi connectivity index (χ1n) is 17.3. The van der Waals surface area contributed by atoms with Crippen molar-refractivity contribution in [3.8, 4) is 0 Å². The normalized spacial score (nSPS) is 12.1. The lowest BCUT2D eigenvalue weighted by Gasteiger charge is -2.11. The molecule has 0 radical (unpaired) electrons. The predicted octanol–water partition coefficient (Wildman–Crippen LogP) is 11.5. The van der Waals surface area contributed by atoms with Gasteiger partial charge in [0.1, 0.15) is 6.61 Å². The maximum atomic E-state index is 11.6. The monoisotopic (exact) mass is 562 g/mol. The fourth-order valence-electron chi connectivity index (χ4n) is 5.31. The molecule has 0 aliphatic carbocycles. The van der Waals surface area contributed by atoms with E-state index in [9.17, 15) is 14.7 Å². The molecule has 0 aliphatic heterocycles. The summed E-state index contributed by atoms with van der Waals surface area (Å²) in [6, 6.07) is 0. The number of hydrogen-bond donors (Lipinski definition) is 1. The minimum atomic E-state index is -0.900. The number of aliphatic carboxylic acids is 1. The van der Waals surface area contributed by atoms with Gasteiger partial charge in [0.05, 0.1) is 12.3 Å². The van der Waals surface area contributed by atoms with Crippen molar-refractivity contribution < 1.29 is 19.4 Å². The summed E-state index contributed by atoms with van der Waals surface area (Å²) in [5.74, 6) is -1.98. The van der Waals surface area contributed by atoms with E-state index in [0.717, 1.165) is 19.3 Å². The molecule has 40 heavy (non-hydrogen) atoms. The van der Waals surface area contributed by atoms with E-state index < -0.39 is 17.9 Å². The molecule has 1 unspecified atom stereocenters. The third-order valence-electron chi connectivity index (χ3n) is 7.94. The minimum Gasteiger partial charge on any atom is -0.481 e. The first-order chi connectivity index (χ1) is 19.6. The smallest absolute Gasteiger partial charge is 0.307 e. The Kier molecular flexibility index (Phi) is 30.7. The van der Waals surface area contributed by atoms with Gasteiger partial charge in [-0.25, -0.2) is 0 Å². The van der Waals surface area contributed by atoms with Gasteiger partial charge < -0.3 is 9.84 Å². The van der Waals surface area contributed by atoms with E-state index in [4.69, 9.17) is 4.74 Å². The summed E-state index contributed by atoms with van der Waals surface area (Å²) in [5.41, 5.74) is 0. The number of allylic oxidation sites excluding steroid dienone is 2. The molecule has 0 aromatic carbocycles. The number of carbonyl (C=O) groups is 2. The zero-order valence-electron chi connectivity index (χ0n) is 26.5. The SMILES string of the molecule is C=CCOC(=O)CC(CCCCCCCCCCCCCCCCCCC/C=C/CCCCCCCC)C(=O)O. The molecular formula is C36H66O4. The Hall–Kier alpha value is -1.58. The Morgan fingerprint density at radius 2 is 1.00 bits per heavy atom. The number of carbonyl (C=O) groups excluding carboxylic acids is 1. The Labute approximate surface area is 248 Å². The van der Waals surface area contributed by atoms with Gasteiger partial charge in [-0.3, -0.25) is 9.59 Å². The van der Waals surface area contributed by atoms with E-state index in [-0.39, 0.29) is 13.0 Å². The van der Waals surface area contributed by atoms with Crippen molar-refractivity contribution in [3.05, 3.63) is 24.8 Å². The van der Waals surface area contributed by atoms with Crippen molar-refractivity contribution in [2.75, 3.05) is 6.61 Å². The largest absolute Gasteiger partial charge is 0.481 e. The molecular weight excluding hydrogens is 496 g/mol. The van der Waals surface area contributed by atoms with Crippen molar-refractivity contribution in [1.82, 2.24) is 0 Å². The molecule has 0 rings (SSSR count). The second kappa shape index (κ2) is 31.9. The number of carboxylic acids is 1. The van der Waals surface area contributed by atoms with Crippen LogP contribution in [0.2, 0.25) is 0 Å². The number of hydrogen-bond acceptors (Lipinski definition) is 3. The molecule has 0 bridgehead atoms. The number of carboxylic acid groups (broad SMARTS) is 1. The van der Waals surface area contributed by atoms with Gasteiger partial charge in [0.15, 0.2) is 0 Å². The molecule has 1 atom stereocenters. The maximum Gasteiger partial charge on any atom is 0.307 e. The molecule has 0 fully saturated rings. The number of unbranched alkanes of at least 4 members (excludes halogenated alkanes) is 23. The van der Waals surface area contributed by atoms with Gasteiger partial charge in [-0.2, -0.15) is 0 Å². The van der Waals surface area contributed by atoms with Crippen LogP contribution in [-0.2, 0) is 14.3 Å². The van der Waals surface area contributed by atoms with E-state index >= 15 is 0 Å². The van der Waals surface area contributed by atoms with Crippen LogP contribution in [0.4, 0.5) is 0 Å². The van der Waals surface area contributed by atoms with Crippen molar-refractivity contribution in [3.63, 3.8) is 0 Å². The van der Waals surface area contributed by atoms with Crippen LogP contribution in [0.15, 0.2) is 24.8 Å². The van der Waals surface area contributed by atoms with Crippen molar-refractivity contribution in [2.45, 2.75) is 180 Å².